The highest BCUT2D eigenvalue weighted by atomic mass is 32.1. The molecule has 0 saturated heterocycles. The molecule has 0 radical (unpaired) electrons. The predicted octanol–water partition coefficient (Wildman–Crippen LogP) is 0.907. The summed E-state index contributed by atoms with van der Waals surface area (Å²) < 4.78 is 5.71. The van der Waals surface area contributed by atoms with Gasteiger partial charge in [-0.2, -0.15) is 9.94 Å². The van der Waals surface area contributed by atoms with E-state index in [1.54, 1.807) is 35.7 Å². The van der Waals surface area contributed by atoms with Crippen LogP contribution in [0.1, 0.15) is 5.56 Å². The van der Waals surface area contributed by atoms with Crippen molar-refractivity contribution in [2.75, 3.05) is 11.9 Å². The molecule has 10 heteroatoms. The third-order valence-electron chi connectivity index (χ3n) is 3.31. The molecule has 0 fully saturated rings. The summed E-state index contributed by atoms with van der Waals surface area (Å²) in [4.78, 5) is 35.9. The van der Waals surface area contributed by atoms with Crippen molar-refractivity contribution in [3.8, 4) is 6.07 Å². The van der Waals surface area contributed by atoms with Crippen LogP contribution in [0.2, 0.25) is 0 Å². The van der Waals surface area contributed by atoms with Crippen molar-refractivity contribution < 1.29 is 14.3 Å². The van der Waals surface area contributed by atoms with E-state index in [9.17, 15) is 14.4 Å². The van der Waals surface area contributed by atoms with Crippen molar-refractivity contribution in [3.05, 3.63) is 51.6 Å². The summed E-state index contributed by atoms with van der Waals surface area (Å²) in [6.45, 7) is -1.01. The molecule has 0 aliphatic rings. The molecule has 0 atom stereocenters. The van der Waals surface area contributed by atoms with Crippen molar-refractivity contribution in [1.82, 2.24) is 15.0 Å². The number of nitrogens with zero attached hydrogens (tertiary/aromatic N) is 4. The minimum Gasteiger partial charge on any atom is -0.454 e. The van der Waals surface area contributed by atoms with Gasteiger partial charge in [0, 0.05) is 0 Å². The highest BCUT2D eigenvalue weighted by molar-refractivity contribution is 7.14. The molecule has 3 aromatic rings. The normalized spacial score (nSPS) is 10.3. The number of ether oxygens (including phenoxy) is 1. The van der Waals surface area contributed by atoms with E-state index in [0.717, 1.165) is 4.68 Å². The smallest absolute Gasteiger partial charge is 0.328 e. The van der Waals surface area contributed by atoms with E-state index in [1.807, 2.05) is 6.07 Å². The lowest BCUT2D eigenvalue weighted by molar-refractivity contribution is -0.148. The molecular weight excluding hydrogens is 358 g/mol. The number of nitrogens with one attached hydrogen (secondary N) is 1. The first-order chi connectivity index (χ1) is 12.6. The number of benzene rings is 1. The number of rotatable bonds is 5. The second-order valence-corrected chi connectivity index (χ2v) is 5.97. The second kappa shape index (κ2) is 7.54. The van der Waals surface area contributed by atoms with E-state index in [4.69, 9.17) is 10.00 Å². The summed E-state index contributed by atoms with van der Waals surface area (Å²) in [5.74, 6) is -1.40. The van der Waals surface area contributed by atoms with E-state index < -0.39 is 30.6 Å². The zero-order chi connectivity index (χ0) is 18.5. The lowest BCUT2D eigenvalue weighted by atomic mass is 10.2. The molecule has 2 heterocycles. The predicted molar refractivity (Wildman–Crippen MR) is 92.4 cm³/mol. The lowest BCUT2D eigenvalue weighted by Crippen LogP contribution is -2.30. The van der Waals surface area contributed by atoms with E-state index in [0.29, 0.717) is 21.5 Å². The molecule has 0 spiro atoms. The van der Waals surface area contributed by atoms with Crippen molar-refractivity contribution in [1.29, 1.82) is 5.26 Å². The third-order valence-corrected chi connectivity index (χ3v) is 4.14. The van der Waals surface area contributed by atoms with Crippen LogP contribution in [0.15, 0.2) is 40.5 Å². The molecule has 0 bridgehead atoms. The first kappa shape index (κ1) is 17.2. The summed E-state index contributed by atoms with van der Waals surface area (Å²) in [7, 11) is 0. The van der Waals surface area contributed by atoms with Gasteiger partial charge in [0.15, 0.2) is 6.61 Å². The Balaban J connectivity index is 1.59. The second-order valence-electron chi connectivity index (χ2n) is 5.05. The Kier molecular flexibility index (Phi) is 5.00. The zero-order valence-corrected chi connectivity index (χ0v) is 14.0. The van der Waals surface area contributed by atoms with E-state index >= 15 is 0 Å². The van der Waals surface area contributed by atoms with Crippen LogP contribution in [0.3, 0.4) is 0 Å². The number of nitriles is 1. The molecule has 3 rings (SSSR count). The van der Waals surface area contributed by atoms with Crippen molar-refractivity contribution in [2.24, 2.45) is 0 Å². The molecule has 9 nitrogen and oxygen atoms in total. The summed E-state index contributed by atoms with van der Waals surface area (Å²) in [5, 5.41) is 21.3. The average molecular weight is 369 g/mol. The molecule has 1 amide bonds. The Morgan fingerprint density at radius 1 is 1.31 bits per heavy atom. The number of thiophene rings is 1. The van der Waals surface area contributed by atoms with E-state index in [-0.39, 0.29) is 0 Å². The largest absolute Gasteiger partial charge is 0.454 e. The number of carbonyl (C=O) groups excluding carboxylic acids is 2. The molecule has 0 aliphatic carbocycles. The van der Waals surface area contributed by atoms with Crippen LogP contribution in [0.4, 0.5) is 5.00 Å². The average Bonchev–Trinajstić information content (AvgIpc) is 3.09. The van der Waals surface area contributed by atoms with Crippen molar-refractivity contribution in [3.63, 3.8) is 0 Å². The van der Waals surface area contributed by atoms with Gasteiger partial charge in [0.25, 0.3) is 11.5 Å². The molecule has 1 N–H and O–H groups in total. The van der Waals surface area contributed by atoms with Gasteiger partial charge in [-0.15, -0.1) is 16.4 Å². The minimum absolute atomic E-state index is 0.327. The SMILES string of the molecule is N#Cc1ccsc1NC(=O)COC(=O)Cn1nnc2ccccc2c1=O. The number of esters is 1. The number of anilines is 1. The van der Waals surface area contributed by atoms with Gasteiger partial charge in [0.05, 0.1) is 10.9 Å². The van der Waals surface area contributed by atoms with Gasteiger partial charge in [-0.1, -0.05) is 17.3 Å². The maximum atomic E-state index is 12.2. The maximum absolute atomic E-state index is 12.2. The Hall–Kier alpha value is -3.58. The van der Waals surface area contributed by atoms with Crippen molar-refractivity contribution in [2.45, 2.75) is 6.54 Å². The summed E-state index contributed by atoms with van der Waals surface area (Å²) in [5.41, 5.74) is 0.271. The van der Waals surface area contributed by atoms with E-state index in [1.165, 1.54) is 11.3 Å². The van der Waals surface area contributed by atoms with Gasteiger partial charge in [0.1, 0.15) is 23.1 Å². The summed E-state index contributed by atoms with van der Waals surface area (Å²) in [6.07, 6.45) is 0. The summed E-state index contributed by atoms with van der Waals surface area (Å²) >= 11 is 1.18. The first-order valence-corrected chi connectivity index (χ1v) is 8.22. The quantitative estimate of drug-likeness (QED) is 0.662. The number of aromatic nitrogens is 3. The standard InChI is InChI=1S/C16H11N5O4S/c17-7-10-5-6-26-15(10)18-13(22)9-25-14(23)8-21-16(24)11-3-1-2-4-12(11)19-20-21/h1-6H,8-9H2,(H,18,22). The number of hydrogen-bond donors (Lipinski definition) is 1. The Labute approximate surface area is 150 Å². The minimum atomic E-state index is -0.807. The monoisotopic (exact) mass is 369 g/mol. The number of carbonyl (C=O) groups is 2. The molecule has 26 heavy (non-hydrogen) atoms. The molecule has 0 aliphatic heterocycles. The zero-order valence-electron chi connectivity index (χ0n) is 13.2. The third kappa shape index (κ3) is 3.73. The van der Waals surface area contributed by atoms with Gasteiger partial charge in [-0.25, -0.2) is 0 Å². The fourth-order valence-corrected chi connectivity index (χ4v) is 2.85. The summed E-state index contributed by atoms with van der Waals surface area (Å²) in [6, 6.07) is 10.1. The molecule has 0 saturated carbocycles. The molecular formula is C16H11N5O4S. The molecule has 130 valence electrons. The van der Waals surface area contributed by atoms with Gasteiger partial charge < -0.3 is 10.1 Å². The maximum Gasteiger partial charge on any atom is 0.328 e. The van der Waals surface area contributed by atoms with Crippen LogP contribution in [0.5, 0.6) is 0 Å². The fraction of sp³-hybridized carbons (Fsp3) is 0.125. The fourth-order valence-electron chi connectivity index (χ4n) is 2.10. The van der Waals surface area contributed by atoms with Crippen LogP contribution in [-0.4, -0.2) is 33.5 Å². The lowest BCUT2D eigenvalue weighted by Gasteiger charge is -2.06. The number of amides is 1. The molecule has 2 aromatic heterocycles. The molecule has 1 aromatic carbocycles. The van der Waals surface area contributed by atoms with E-state index in [2.05, 4.69) is 15.6 Å². The van der Waals surface area contributed by atoms with Crippen LogP contribution in [0.25, 0.3) is 10.9 Å². The number of hydrogen-bond acceptors (Lipinski definition) is 8. The topological polar surface area (TPSA) is 127 Å². The van der Waals surface area contributed by atoms with Crippen LogP contribution >= 0.6 is 11.3 Å². The van der Waals surface area contributed by atoms with Crippen molar-refractivity contribution >= 4 is 39.1 Å². The highest BCUT2D eigenvalue weighted by Crippen LogP contribution is 2.21. The van der Waals surface area contributed by atoms with Gasteiger partial charge in [-0.3, -0.25) is 14.4 Å². The van der Waals surface area contributed by atoms with Crippen LogP contribution < -0.4 is 10.9 Å². The Morgan fingerprint density at radius 2 is 2.12 bits per heavy atom. The Morgan fingerprint density at radius 3 is 2.92 bits per heavy atom. The first-order valence-electron chi connectivity index (χ1n) is 7.34. The van der Waals surface area contributed by atoms with Gasteiger partial charge >= 0.3 is 5.97 Å². The molecule has 0 unspecified atom stereocenters. The van der Waals surface area contributed by atoms with Gasteiger partial charge in [0.2, 0.25) is 0 Å². The van der Waals surface area contributed by atoms with Crippen LogP contribution in [0, 0.1) is 11.3 Å². The van der Waals surface area contributed by atoms with Gasteiger partial charge in [-0.05, 0) is 23.6 Å². The Bertz CT molecular complexity index is 1080. The number of fused-ring (bicyclic) bond motifs is 1. The van der Waals surface area contributed by atoms with Crippen LogP contribution in [-0.2, 0) is 20.9 Å². The highest BCUT2D eigenvalue weighted by Gasteiger charge is 2.13.